The van der Waals surface area contributed by atoms with E-state index in [0.29, 0.717) is 10.6 Å². The third-order valence-electron chi connectivity index (χ3n) is 3.93. The average molecular weight is 560 g/mol. The second-order valence-corrected chi connectivity index (χ2v) is 11.6. The quantitative estimate of drug-likeness (QED) is 0.192. The van der Waals surface area contributed by atoms with Crippen LogP contribution in [0, 0.1) is 0 Å². The van der Waals surface area contributed by atoms with Gasteiger partial charge in [0.05, 0.1) is 26.4 Å². The highest BCUT2D eigenvalue weighted by Gasteiger charge is 2.51. The summed E-state index contributed by atoms with van der Waals surface area (Å²) >= 11 is 5.32. The molecule has 1 aromatic rings. The van der Waals surface area contributed by atoms with Gasteiger partial charge in [-0.3, -0.25) is 13.9 Å². The number of hydrogen-bond acceptors (Lipinski definition) is 8. The Bertz CT molecular complexity index is 774. The summed E-state index contributed by atoms with van der Waals surface area (Å²) in [5.41, 5.74) is 0.674. The second-order valence-electron chi connectivity index (χ2n) is 6.33. The predicted molar refractivity (Wildman–Crippen MR) is 119 cm³/mol. The van der Waals surface area contributed by atoms with Crippen molar-refractivity contribution in [3.05, 3.63) is 30.1 Å². The fraction of sp³-hybridized carbons (Fsp3) is 0.632. The van der Waals surface area contributed by atoms with Crippen molar-refractivity contribution in [2.45, 2.75) is 52.9 Å². The highest BCUT2D eigenvalue weighted by molar-refractivity contribution is 7.80. The number of ketones is 1. The van der Waals surface area contributed by atoms with E-state index >= 15 is 0 Å². The van der Waals surface area contributed by atoms with Gasteiger partial charge in [0, 0.05) is 18.1 Å². The van der Waals surface area contributed by atoms with E-state index in [1.807, 2.05) is 0 Å². The van der Waals surface area contributed by atoms with Gasteiger partial charge in [0.2, 0.25) is 0 Å². The number of pyridine rings is 1. The van der Waals surface area contributed by atoms with Crippen LogP contribution >= 0.6 is 27.4 Å². The molecule has 0 aliphatic heterocycles. The molecule has 1 heterocycles. The lowest BCUT2D eigenvalue weighted by Gasteiger charge is -2.31. The minimum Gasteiger partial charge on any atom is -1.00 e. The molecule has 0 saturated heterocycles. The van der Waals surface area contributed by atoms with Gasteiger partial charge in [0.15, 0.2) is 17.8 Å². The molecule has 0 amide bonds. The SMILES string of the molecule is CCOP(=O)(OCC)C(Cc1ccc[n+](C(=S)CC(C)=O)c1)P(=O)(OCC)OCC.[Br-]. The van der Waals surface area contributed by atoms with Crippen molar-refractivity contribution >= 4 is 38.2 Å². The summed E-state index contributed by atoms with van der Waals surface area (Å²) in [6.07, 6.45) is 3.61. The Morgan fingerprint density at radius 2 is 1.45 bits per heavy atom. The molecule has 178 valence electrons. The number of nitrogens with zero attached hydrogens (tertiary/aromatic N) is 1. The highest BCUT2D eigenvalue weighted by Crippen LogP contribution is 2.71. The molecule has 0 bridgehead atoms. The Kier molecular flexibility index (Phi) is 14.6. The fourth-order valence-corrected chi connectivity index (χ4v) is 8.50. The van der Waals surface area contributed by atoms with Crippen molar-refractivity contribution in [1.82, 2.24) is 0 Å². The number of rotatable bonds is 14. The van der Waals surface area contributed by atoms with Gasteiger partial charge in [0.1, 0.15) is 12.2 Å². The van der Waals surface area contributed by atoms with Crippen LogP contribution in [0.3, 0.4) is 0 Å². The zero-order valence-electron chi connectivity index (χ0n) is 18.6. The van der Waals surface area contributed by atoms with Crippen LogP contribution in [0.1, 0.15) is 46.6 Å². The molecule has 0 unspecified atom stereocenters. The lowest BCUT2D eigenvalue weighted by Crippen LogP contribution is -3.00. The number of hydrogen-bond donors (Lipinski definition) is 0. The molecule has 1 aromatic heterocycles. The molecule has 0 radical (unpaired) electrons. The van der Waals surface area contributed by atoms with Crippen LogP contribution in [0.25, 0.3) is 0 Å². The summed E-state index contributed by atoms with van der Waals surface area (Å²) in [7, 11) is -7.69. The maximum Gasteiger partial charge on any atom is 0.346 e. The van der Waals surface area contributed by atoms with Crippen molar-refractivity contribution in [1.29, 1.82) is 0 Å². The van der Waals surface area contributed by atoms with Crippen molar-refractivity contribution in [3.8, 4) is 0 Å². The molecule has 0 aliphatic carbocycles. The van der Waals surface area contributed by atoms with Crippen molar-refractivity contribution in [3.63, 3.8) is 0 Å². The Hall–Kier alpha value is -0.310. The second kappa shape index (κ2) is 14.8. The van der Waals surface area contributed by atoms with Crippen molar-refractivity contribution in [2.75, 3.05) is 26.4 Å². The van der Waals surface area contributed by atoms with E-state index in [0.717, 1.165) is 0 Å². The van der Waals surface area contributed by atoms with Crippen LogP contribution in [0.4, 0.5) is 0 Å². The molecule has 0 saturated carbocycles. The van der Waals surface area contributed by atoms with Crippen LogP contribution in [0.15, 0.2) is 24.5 Å². The zero-order valence-corrected chi connectivity index (χ0v) is 22.8. The number of halogens is 1. The molecule has 0 fully saturated rings. The minimum atomic E-state index is -3.85. The number of thiocarbonyl (C=S) groups is 1. The number of carbonyl (C=O) groups is 1. The van der Waals surface area contributed by atoms with Gasteiger partial charge in [-0.25, -0.2) is 0 Å². The molecule has 0 atom stereocenters. The topological polar surface area (TPSA) is 92.0 Å². The summed E-state index contributed by atoms with van der Waals surface area (Å²) in [6, 6.07) is 3.53. The molecular formula is C19H32BrNO7P2S. The Morgan fingerprint density at radius 1 is 1.00 bits per heavy atom. The lowest BCUT2D eigenvalue weighted by molar-refractivity contribution is -0.553. The smallest absolute Gasteiger partial charge is 0.346 e. The van der Waals surface area contributed by atoms with Gasteiger partial charge in [-0.1, -0.05) is 0 Å². The molecular weight excluding hydrogens is 528 g/mol. The number of carbonyl (C=O) groups excluding carboxylic acids is 1. The molecule has 31 heavy (non-hydrogen) atoms. The first-order valence-electron chi connectivity index (χ1n) is 9.96. The first kappa shape index (κ1) is 30.7. The molecule has 8 nitrogen and oxygen atoms in total. The van der Waals surface area contributed by atoms with Crippen LogP contribution in [0.2, 0.25) is 0 Å². The van der Waals surface area contributed by atoms with Gasteiger partial charge < -0.3 is 35.1 Å². The van der Waals surface area contributed by atoms with Gasteiger partial charge in [-0.05, 0) is 52.9 Å². The summed E-state index contributed by atoms with van der Waals surface area (Å²) in [5.74, 6) is -0.0508. The third kappa shape index (κ3) is 9.22. The van der Waals surface area contributed by atoms with Crippen LogP contribution in [0.5, 0.6) is 0 Å². The molecule has 0 aromatic carbocycles. The highest BCUT2D eigenvalue weighted by atomic mass is 79.9. The van der Waals surface area contributed by atoms with Gasteiger partial charge in [-0.2, -0.15) is 4.57 Å². The normalized spacial score (nSPS) is 11.9. The first-order valence-corrected chi connectivity index (χ1v) is 13.6. The summed E-state index contributed by atoms with van der Waals surface area (Å²) in [6.45, 7) is 8.67. The summed E-state index contributed by atoms with van der Waals surface area (Å²) < 4.78 is 50.9. The number of aromatic nitrogens is 1. The summed E-state index contributed by atoms with van der Waals surface area (Å²) in [4.78, 5) is 11.8. The standard InChI is InChI=1S/C19H32NO7P2S.BrH/c1-6-24-28(22,25-7-2)19(29(23,26-8-3)27-9-4)14-17-11-10-12-20(15-17)18(30)13-16(5)21;/h10-12,15,19H,6-9,13-14H2,1-5H3;1H/q+1;/p-1. The lowest BCUT2D eigenvalue weighted by atomic mass is 10.2. The first-order chi connectivity index (χ1) is 14.2. The van der Waals surface area contributed by atoms with E-state index < -0.39 is 20.6 Å². The molecule has 0 aliphatic rings. The molecule has 1 rings (SSSR count). The van der Waals surface area contributed by atoms with E-state index in [1.165, 1.54) is 6.92 Å². The van der Waals surface area contributed by atoms with Crippen molar-refractivity contribution < 1.29 is 53.6 Å². The maximum atomic E-state index is 13.6. The van der Waals surface area contributed by atoms with E-state index in [9.17, 15) is 13.9 Å². The van der Waals surface area contributed by atoms with Crippen LogP contribution in [-0.2, 0) is 38.4 Å². The molecule has 0 N–H and O–H groups in total. The van der Waals surface area contributed by atoms with E-state index in [1.54, 1.807) is 56.8 Å². The Morgan fingerprint density at radius 3 is 1.84 bits per heavy atom. The third-order valence-corrected chi connectivity index (χ3v) is 10.3. The Balaban J connectivity index is 0.00000900. The molecule has 12 heteroatoms. The number of Topliss-reactive ketones (excluding diaryl/α,β-unsaturated/α-hetero) is 1. The monoisotopic (exact) mass is 559 g/mol. The van der Waals surface area contributed by atoms with E-state index in [2.05, 4.69) is 0 Å². The van der Waals surface area contributed by atoms with E-state index in [-0.39, 0.29) is 62.0 Å². The van der Waals surface area contributed by atoms with Gasteiger partial charge in [-0.15, -0.1) is 0 Å². The minimum absolute atomic E-state index is 0. The van der Waals surface area contributed by atoms with Crippen molar-refractivity contribution in [2.24, 2.45) is 0 Å². The van der Waals surface area contributed by atoms with Crippen LogP contribution < -0.4 is 21.5 Å². The Labute approximate surface area is 200 Å². The predicted octanol–water partition coefficient (Wildman–Crippen LogP) is 1.53. The van der Waals surface area contributed by atoms with Gasteiger partial charge >= 0.3 is 15.2 Å². The molecule has 0 spiro atoms. The zero-order chi connectivity index (χ0) is 22.8. The summed E-state index contributed by atoms with van der Waals surface area (Å²) in [5, 5.41) is -1.15. The van der Waals surface area contributed by atoms with E-state index in [4.69, 9.17) is 30.3 Å². The average Bonchev–Trinajstić information content (AvgIpc) is 2.66. The maximum absolute atomic E-state index is 13.6. The van der Waals surface area contributed by atoms with Gasteiger partial charge in [0.25, 0.3) is 4.99 Å². The van der Waals surface area contributed by atoms with Crippen LogP contribution in [-0.4, -0.2) is 42.6 Å². The fourth-order valence-electron chi connectivity index (χ4n) is 2.85. The largest absolute Gasteiger partial charge is 1.00 e.